The summed E-state index contributed by atoms with van der Waals surface area (Å²) in [6, 6.07) is 1.69. The summed E-state index contributed by atoms with van der Waals surface area (Å²) >= 11 is 0. The number of carbonyl (C=O) groups excluding carboxylic acids is 1. The molecule has 2 aromatic heterocycles. The van der Waals surface area contributed by atoms with E-state index < -0.39 is 0 Å². The smallest absolute Gasteiger partial charge is 0.276 e. The molecule has 1 saturated carbocycles. The first kappa shape index (κ1) is 17.6. The van der Waals surface area contributed by atoms with Crippen molar-refractivity contribution in [3.8, 4) is 0 Å². The van der Waals surface area contributed by atoms with E-state index >= 15 is 0 Å². The summed E-state index contributed by atoms with van der Waals surface area (Å²) in [5.74, 6) is 1.99. The summed E-state index contributed by atoms with van der Waals surface area (Å²) in [4.78, 5) is 24.2. The Kier molecular flexibility index (Phi) is 4.12. The number of amides is 1. The molecule has 1 atom stereocenters. The maximum absolute atomic E-state index is 12.8. The van der Waals surface area contributed by atoms with Gasteiger partial charge in [-0.15, -0.1) is 0 Å². The summed E-state index contributed by atoms with van der Waals surface area (Å²) in [7, 11) is 0. The molecule has 1 saturated heterocycles. The summed E-state index contributed by atoms with van der Waals surface area (Å²) < 4.78 is 11.0. The van der Waals surface area contributed by atoms with Crippen molar-refractivity contribution < 1.29 is 14.1 Å². The second-order valence-corrected chi connectivity index (χ2v) is 8.36. The van der Waals surface area contributed by atoms with E-state index in [0.717, 1.165) is 35.8 Å². The van der Waals surface area contributed by atoms with Crippen LogP contribution < -0.4 is 5.32 Å². The molecule has 1 spiro atoms. The van der Waals surface area contributed by atoms with Gasteiger partial charge in [0, 0.05) is 37.0 Å². The Morgan fingerprint density at radius 3 is 2.96 bits per heavy atom. The Balaban J connectivity index is 1.42. The quantitative estimate of drug-likeness (QED) is 0.865. The van der Waals surface area contributed by atoms with E-state index in [-0.39, 0.29) is 11.3 Å². The SMILES string of the molecule is Cc1cc(C(=O)N2CC[C@]3(COCc4c(C)nc(NCC5CC5)nc43)C2)no1. The van der Waals surface area contributed by atoms with Gasteiger partial charge in [-0.1, -0.05) is 5.16 Å². The molecule has 2 aliphatic heterocycles. The zero-order chi connectivity index (χ0) is 19.3. The molecule has 3 aliphatic rings. The lowest BCUT2D eigenvalue weighted by Crippen LogP contribution is -2.42. The Bertz CT molecular complexity index is 923. The van der Waals surface area contributed by atoms with E-state index in [1.807, 2.05) is 11.8 Å². The number of hydrogen-bond donors (Lipinski definition) is 1. The molecular formula is C20H25N5O3. The Morgan fingerprint density at radius 1 is 1.36 bits per heavy atom. The van der Waals surface area contributed by atoms with Gasteiger partial charge in [-0.3, -0.25) is 4.79 Å². The van der Waals surface area contributed by atoms with E-state index in [0.29, 0.717) is 43.7 Å². The molecule has 148 valence electrons. The normalized spacial score (nSPS) is 23.9. The average molecular weight is 383 g/mol. The summed E-state index contributed by atoms with van der Waals surface area (Å²) in [5, 5.41) is 7.28. The first-order chi connectivity index (χ1) is 13.5. The van der Waals surface area contributed by atoms with Gasteiger partial charge in [0.1, 0.15) is 5.76 Å². The van der Waals surface area contributed by atoms with Crippen molar-refractivity contribution in [3.63, 3.8) is 0 Å². The van der Waals surface area contributed by atoms with Crippen molar-refractivity contribution in [2.45, 2.75) is 45.1 Å². The minimum Gasteiger partial charge on any atom is -0.376 e. The lowest BCUT2D eigenvalue weighted by atomic mass is 9.80. The number of hydrogen-bond acceptors (Lipinski definition) is 7. The number of rotatable bonds is 4. The lowest BCUT2D eigenvalue weighted by Gasteiger charge is -2.35. The van der Waals surface area contributed by atoms with Crippen LogP contribution in [0, 0.1) is 19.8 Å². The van der Waals surface area contributed by atoms with E-state index in [4.69, 9.17) is 14.2 Å². The Labute approximate surface area is 163 Å². The van der Waals surface area contributed by atoms with Crippen LogP contribution in [0.25, 0.3) is 0 Å². The highest BCUT2D eigenvalue weighted by atomic mass is 16.5. The maximum atomic E-state index is 12.8. The predicted octanol–water partition coefficient (Wildman–Crippen LogP) is 2.22. The number of ether oxygens (including phenoxy) is 1. The third-order valence-corrected chi connectivity index (χ3v) is 6.07. The molecular weight excluding hydrogens is 358 g/mol. The number of aromatic nitrogens is 3. The monoisotopic (exact) mass is 383 g/mol. The van der Waals surface area contributed by atoms with Gasteiger partial charge >= 0.3 is 0 Å². The minimum absolute atomic E-state index is 0.0984. The summed E-state index contributed by atoms with van der Waals surface area (Å²) in [6.45, 7) is 7.06. The molecule has 2 fully saturated rings. The summed E-state index contributed by atoms with van der Waals surface area (Å²) in [6.07, 6.45) is 3.39. The van der Waals surface area contributed by atoms with Gasteiger partial charge in [0.2, 0.25) is 5.95 Å². The molecule has 1 aliphatic carbocycles. The largest absolute Gasteiger partial charge is 0.376 e. The molecule has 8 nitrogen and oxygen atoms in total. The lowest BCUT2D eigenvalue weighted by molar-refractivity contribution is 0.0479. The number of fused-ring (bicyclic) bond motifs is 2. The van der Waals surface area contributed by atoms with E-state index in [2.05, 4.69) is 15.5 Å². The van der Waals surface area contributed by atoms with Crippen molar-refractivity contribution in [2.75, 3.05) is 31.6 Å². The number of nitrogens with zero attached hydrogens (tertiary/aromatic N) is 4. The van der Waals surface area contributed by atoms with Crippen molar-refractivity contribution in [2.24, 2.45) is 5.92 Å². The summed E-state index contributed by atoms with van der Waals surface area (Å²) in [5.41, 5.74) is 3.13. The fraction of sp³-hybridized carbons (Fsp3) is 0.600. The highest BCUT2D eigenvalue weighted by molar-refractivity contribution is 5.92. The van der Waals surface area contributed by atoms with Crippen molar-refractivity contribution in [1.29, 1.82) is 0 Å². The molecule has 4 heterocycles. The molecule has 1 N–H and O–H groups in total. The molecule has 28 heavy (non-hydrogen) atoms. The molecule has 0 radical (unpaired) electrons. The second kappa shape index (κ2) is 6.55. The molecule has 0 unspecified atom stereocenters. The second-order valence-electron chi connectivity index (χ2n) is 8.36. The van der Waals surface area contributed by atoms with Crippen LogP contribution in [0.1, 0.15) is 52.5 Å². The molecule has 8 heteroatoms. The van der Waals surface area contributed by atoms with Crippen LogP contribution in [0.15, 0.2) is 10.6 Å². The van der Waals surface area contributed by atoms with Crippen molar-refractivity contribution in [1.82, 2.24) is 20.0 Å². The minimum atomic E-state index is -0.286. The van der Waals surface area contributed by atoms with Crippen molar-refractivity contribution >= 4 is 11.9 Å². The van der Waals surface area contributed by atoms with Crippen LogP contribution in [-0.2, 0) is 16.8 Å². The van der Waals surface area contributed by atoms with Gasteiger partial charge < -0.3 is 19.5 Å². The van der Waals surface area contributed by atoms with Gasteiger partial charge in [-0.25, -0.2) is 9.97 Å². The van der Waals surface area contributed by atoms with E-state index in [1.165, 1.54) is 12.8 Å². The third-order valence-electron chi connectivity index (χ3n) is 6.07. The molecule has 1 amide bonds. The number of aryl methyl sites for hydroxylation is 2. The zero-order valence-electron chi connectivity index (χ0n) is 16.3. The van der Waals surface area contributed by atoms with Crippen molar-refractivity contribution in [3.05, 3.63) is 34.5 Å². The molecule has 0 aromatic carbocycles. The van der Waals surface area contributed by atoms with E-state index in [1.54, 1.807) is 13.0 Å². The van der Waals surface area contributed by atoms with Gasteiger partial charge in [-0.05, 0) is 39.0 Å². The average Bonchev–Trinajstić information content (AvgIpc) is 3.27. The standard InChI is InChI=1S/C20H25N5O3/c1-12-7-16(24-28-12)18(26)25-6-5-20(10-25)11-27-9-15-13(2)22-19(23-17(15)20)21-8-14-3-4-14/h7,14H,3-6,8-11H2,1-2H3,(H,21,22,23)/t20-/m1/s1. The first-order valence-corrected chi connectivity index (χ1v) is 9.96. The molecule has 0 bridgehead atoms. The fourth-order valence-electron chi connectivity index (χ4n) is 4.25. The highest BCUT2D eigenvalue weighted by Gasteiger charge is 2.47. The molecule has 2 aromatic rings. The number of nitrogens with one attached hydrogen (secondary N) is 1. The maximum Gasteiger partial charge on any atom is 0.276 e. The van der Waals surface area contributed by atoms with E-state index in [9.17, 15) is 4.79 Å². The van der Waals surface area contributed by atoms with Crippen LogP contribution in [0.5, 0.6) is 0 Å². The van der Waals surface area contributed by atoms with Gasteiger partial charge in [0.25, 0.3) is 5.91 Å². The van der Waals surface area contributed by atoms with Gasteiger partial charge in [-0.2, -0.15) is 0 Å². The Morgan fingerprint density at radius 2 is 2.21 bits per heavy atom. The number of likely N-dealkylation sites (tertiary alicyclic amines) is 1. The van der Waals surface area contributed by atoms with Gasteiger partial charge in [0.05, 0.1) is 24.3 Å². The highest BCUT2D eigenvalue weighted by Crippen LogP contribution is 2.40. The Hall–Kier alpha value is -2.48. The van der Waals surface area contributed by atoms with Crippen LogP contribution in [0.4, 0.5) is 5.95 Å². The predicted molar refractivity (Wildman–Crippen MR) is 101 cm³/mol. The number of anilines is 1. The van der Waals surface area contributed by atoms with Crippen LogP contribution in [-0.4, -0.2) is 52.2 Å². The van der Waals surface area contributed by atoms with Crippen LogP contribution >= 0.6 is 0 Å². The third kappa shape index (κ3) is 3.05. The molecule has 5 rings (SSSR count). The topological polar surface area (TPSA) is 93.4 Å². The van der Waals surface area contributed by atoms with Gasteiger partial charge in [0.15, 0.2) is 5.69 Å². The van der Waals surface area contributed by atoms with Crippen LogP contribution in [0.2, 0.25) is 0 Å². The fourth-order valence-corrected chi connectivity index (χ4v) is 4.25. The first-order valence-electron chi connectivity index (χ1n) is 9.96. The zero-order valence-corrected chi connectivity index (χ0v) is 16.3. The number of carbonyl (C=O) groups is 1. The van der Waals surface area contributed by atoms with Crippen LogP contribution in [0.3, 0.4) is 0 Å².